The minimum atomic E-state index is -0.0620. The molecule has 1 saturated heterocycles. The Morgan fingerprint density at radius 2 is 2.24 bits per heavy atom. The van der Waals surface area contributed by atoms with Gasteiger partial charge < -0.3 is 10.2 Å². The summed E-state index contributed by atoms with van der Waals surface area (Å²) in [5.41, 5.74) is 1.70. The standard InChI is InChI=1S/C14H20N6O/c1-18-10-12(8-16-18)20-7-3-4-11(9-20)17-14(21)13-5-6-15-19(13)2/h5-6,8,10-11H,3-4,7,9H2,1-2H3,(H,17,21). The average Bonchev–Trinajstić information content (AvgIpc) is 3.08. The highest BCUT2D eigenvalue weighted by atomic mass is 16.2. The Bertz CT molecular complexity index is 631. The van der Waals surface area contributed by atoms with Gasteiger partial charge in [0, 0.05) is 45.6 Å². The molecule has 21 heavy (non-hydrogen) atoms. The molecule has 1 amide bonds. The number of rotatable bonds is 3. The molecule has 3 rings (SSSR count). The van der Waals surface area contributed by atoms with Crippen LogP contribution >= 0.6 is 0 Å². The van der Waals surface area contributed by atoms with Crippen LogP contribution in [0.5, 0.6) is 0 Å². The second-order valence-corrected chi connectivity index (χ2v) is 5.47. The van der Waals surface area contributed by atoms with Gasteiger partial charge in [0.05, 0.1) is 11.9 Å². The highest BCUT2D eigenvalue weighted by molar-refractivity contribution is 5.92. The first-order valence-electron chi connectivity index (χ1n) is 7.16. The van der Waals surface area contributed by atoms with Crippen molar-refractivity contribution in [2.45, 2.75) is 18.9 Å². The molecule has 1 N–H and O–H groups in total. The highest BCUT2D eigenvalue weighted by Crippen LogP contribution is 2.19. The van der Waals surface area contributed by atoms with Crippen molar-refractivity contribution < 1.29 is 4.79 Å². The number of carbonyl (C=O) groups excluding carboxylic acids is 1. The van der Waals surface area contributed by atoms with E-state index in [1.165, 1.54) is 0 Å². The van der Waals surface area contributed by atoms with E-state index in [0.29, 0.717) is 5.69 Å². The quantitative estimate of drug-likeness (QED) is 0.896. The lowest BCUT2D eigenvalue weighted by Gasteiger charge is -2.33. The monoisotopic (exact) mass is 288 g/mol. The first-order chi connectivity index (χ1) is 10.1. The number of hydrogen-bond donors (Lipinski definition) is 1. The lowest BCUT2D eigenvalue weighted by Crippen LogP contribution is -2.48. The highest BCUT2D eigenvalue weighted by Gasteiger charge is 2.23. The minimum Gasteiger partial charge on any atom is -0.367 e. The van der Waals surface area contributed by atoms with Crippen molar-refractivity contribution in [2.75, 3.05) is 18.0 Å². The number of carbonyl (C=O) groups is 1. The molecule has 3 heterocycles. The van der Waals surface area contributed by atoms with Crippen molar-refractivity contribution in [1.82, 2.24) is 24.9 Å². The molecule has 7 heteroatoms. The fraction of sp³-hybridized carbons (Fsp3) is 0.500. The van der Waals surface area contributed by atoms with Gasteiger partial charge in [0.2, 0.25) is 0 Å². The lowest BCUT2D eigenvalue weighted by atomic mass is 10.1. The molecule has 2 aromatic rings. The number of anilines is 1. The van der Waals surface area contributed by atoms with E-state index in [-0.39, 0.29) is 11.9 Å². The minimum absolute atomic E-state index is 0.0620. The van der Waals surface area contributed by atoms with E-state index in [9.17, 15) is 4.79 Å². The number of aryl methyl sites for hydroxylation is 2. The van der Waals surface area contributed by atoms with Crippen LogP contribution in [0.15, 0.2) is 24.7 Å². The summed E-state index contributed by atoms with van der Waals surface area (Å²) in [5.74, 6) is -0.0620. The number of nitrogens with one attached hydrogen (secondary N) is 1. The lowest BCUT2D eigenvalue weighted by molar-refractivity contribution is 0.0923. The van der Waals surface area contributed by atoms with Gasteiger partial charge in [-0.25, -0.2) is 0 Å². The average molecular weight is 288 g/mol. The molecule has 112 valence electrons. The zero-order valence-electron chi connectivity index (χ0n) is 12.4. The molecule has 1 unspecified atom stereocenters. The number of nitrogens with zero attached hydrogens (tertiary/aromatic N) is 5. The third-order valence-corrected chi connectivity index (χ3v) is 3.87. The fourth-order valence-corrected chi connectivity index (χ4v) is 2.76. The predicted molar refractivity (Wildman–Crippen MR) is 79.1 cm³/mol. The van der Waals surface area contributed by atoms with Crippen LogP contribution in [0.2, 0.25) is 0 Å². The summed E-state index contributed by atoms with van der Waals surface area (Å²) in [6, 6.07) is 1.89. The second kappa shape index (κ2) is 5.59. The van der Waals surface area contributed by atoms with E-state index < -0.39 is 0 Å². The summed E-state index contributed by atoms with van der Waals surface area (Å²) in [4.78, 5) is 14.5. The molecule has 2 aromatic heterocycles. The maximum atomic E-state index is 12.2. The van der Waals surface area contributed by atoms with Crippen molar-refractivity contribution in [2.24, 2.45) is 14.1 Å². The summed E-state index contributed by atoms with van der Waals surface area (Å²) in [6.07, 6.45) is 7.57. The van der Waals surface area contributed by atoms with E-state index in [2.05, 4.69) is 20.4 Å². The molecule has 1 aliphatic heterocycles. The number of aromatic nitrogens is 4. The molecule has 1 aliphatic rings. The van der Waals surface area contributed by atoms with Crippen molar-refractivity contribution in [3.05, 3.63) is 30.4 Å². The van der Waals surface area contributed by atoms with E-state index in [0.717, 1.165) is 31.6 Å². The molecule has 7 nitrogen and oxygen atoms in total. The molecule has 0 spiro atoms. The Kier molecular flexibility index (Phi) is 3.64. The van der Waals surface area contributed by atoms with Gasteiger partial charge in [0.15, 0.2) is 0 Å². The molecule has 0 aromatic carbocycles. The molecule has 1 atom stereocenters. The molecular formula is C14H20N6O. The van der Waals surface area contributed by atoms with E-state index in [1.54, 1.807) is 28.7 Å². The Balaban J connectivity index is 1.64. The molecule has 0 radical (unpaired) electrons. The van der Waals surface area contributed by atoms with Gasteiger partial charge in [-0.2, -0.15) is 10.2 Å². The Hall–Kier alpha value is -2.31. The van der Waals surface area contributed by atoms with Crippen molar-refractivity contribution in [1.29, 1.82) is 0 Å². The number of amides is 1. The van der Waals surface area contributed by atoms with Crippen LogP contribution in [0.3, 0.4) is 0 Å². The molecule has 0 bridgehead atoms. The van der Waals surface area contributed by atoms with E-state index in [1.807, 2.05) is 19.4 Å². The Morgan fingerprint density at radius 3 is 2.90 bits per heavy atom. The van der Waals surface area contributed by atoms with Crippen LogP contribution in [-0.4, -0.2) is 44.6 Å². The number of hydrogen-bond acceptors (Lipinski definition) is 4. The normalized spacial score (nSPS) is 18.8. The number of piperidine rings is 1. The maximum absolute atomic E-state index is 12.2. The summed E-state index contributed by atoms with van der Waals surface area (Å²) < 4.78 is 3.39. The molecule has 0 saturated carbocycles. The van der Waals surface area contributed by atoms with Crippen LogP contribution in [0.25, 0.3) is 0 Å². The van der Waals surface area contributed by atoms with Gasteiger partial charge in [0.25, 0.3) is 5.91 Å². The SMILES string of the molecule is Cn1cc(N2CCCC(NC(=O)c3ccnn3C)C2)cn1. The van der Waals surface area contributed by atoms with Crippen LogP contribution in [-0.2, 0) is 14.1 Å². The third-order valence-electron chi connectivity index (χ3n) is 3.87. The Morgan fingerprint density at radius 1 is 1.38 bits per heavy atom. The van der Waals surface area contributed by atoms with Gasteiger partial charge >= 0.3 is 0 Å². The van der Waals surface area contributed by atoms with Gasteiger partial charge in [0.1, 0.15) is 5.69 Å². The fourth-order valence-electron chi connectivity index (χ4n) is 2.76. The summed E-state index contributed by atoms with van der Waals surface area (Å²) in [7, 11) is 3.69. The van der Waals surface area contributed by atoms with Crippen molar-refractivity contribution in [3.63, 3.8) is 0 Å². The first-order valence-corrected chi connectivity index (χ1v) is 7.16. The van der Waals surface area contributed by atoms with Crippen molar-refractivity contribution in [3.8, 4) is 0 Å². The van der Waals surface area contributed by atoms with E-state index in [4.69, 9.17) is 0 Å². The second-order valence-electron chi connectivity index (χ2n) is 5.47. The smallest absolute Gasteiger partial charge is 0.269 e. The summed E-state index contributed by atoms with van der Waals surface area (Å²) in [6.45, 7) is 1.82. The molecular weight excluding hydrogens is 268 g/mol. The summed E-state index contributed by atoms with van der Waals surface area (Å²) in [5, 5.41) is 11.3. The van der Waals surface area contributed by atoms with Gasteiger partial charge in [-0.05, 0) is 18.9 Å². The zero-order chi connectivity index (χ0) is 14.8. The van der Waals surface area contributed by atoms with Gasteiger partial charge in [-0.1, -0.05) is 0 Å². The largest absolute Gasteiger partial charge is 0.367 e. The van der Waals surface area contributed by atoms with Crippen LogP contribution in [0.1, 0.15) is 23.3 Å². The Labute approximate surface area is 123 Å². The maximum Gasteiger partial charge on any atom is 0.269 e. The molecule has 0 aliphatic carbocycles. The summed E-state index contributed by atoms with van der Waals surface area (Å²) >= 11 is 0. The van der Waals surface area contributed by atoms with Crippen molar-refractivity contribution >= 4 is 11.6 Å². The van der Waals surface area contributed by atoms with Gasteiger partial charge in [-0.3, -0.25) is 14.2 Å². The molecule has 1 fully saturated rings. The zero-order valence-corrected chi connectivity index (χ0v) is 12.4. The predicted octanol–water partition coefficient (Wildman–Crippen LogP) is 0.552. The van der Waals surface area contributed by atoms with Gasteiger partial charge in [-0.15, -0.1) is 0 Å². The van der Waals surface area contributed by atoms with Crippen LogP contribution in [0.4, 0.5) is 5.69 Å². The van der Waals surface area contributed by atoms with Crippen LogP contribution in [0, 0.1) is 0 Å². The van der Waals surface area contributed by atoms with Crippen LogP contribution < -0.4 is 10.2 Å². The topological polar surface area (TPSA) is 68.0 Å². The first kappa shape index (κ1) is 13.7. The third kappa shape index (κ3) is 2.91. The van der Waals surface area contributed by atoms with E-state index >= 15 is 0 Å².